The lowest BCUT2D eigenvalue weighted by atomic mass is 10.6. The third kappa shape index (κ3) is 6.35. The molecular weight excluding hydrogens is 156 g/mol. The highest BCUT2D eigenvalue weighted by atomic mass is 16.7. The maximum Gasteiger partial charge on any atom is 0.518 e. The molecule has 0 saturated carbocycles. The molecule has 64 valence electrons. The van der Waals surface area contributed by atoms with Gasteiger partial charge in [-0.15, -0.1) is 0 Å². The number of rotatable bonds is 4. The van der Waals surface area contributed by atoms with E-state index >= 15 is 0 Å². The van der Waals surface area contributed by atoms with Crippen LogP contribution in [-0.4, -0.2) is 6.16 Å². The van der Waals surface area contributed by atoms with Crippen molar-refractivity contribution in [2.45, 2.75) is 0 Å². The van der Waals surface area contributed by atoms with Gasteiger partial charge in [0, 0.05) is 0 Å². The lowest BCUT2D eigenvalue weighted by Crippen LogP contribution is -1.97. The average molecular weight is 166 g/mol. The predicted octanol–water partition coefficient (Wildman–Crippen LogP) is 2.54. The Morgan fingerprint density at radius 1 is 1.00 bits per heavy atom. The second-order valence-corrected chi connectivity index (χ2v) is 1.61. The highest BCUT2D eigenvalue weighted by Crippen LogP contribution is 1.88. The Morgan fingerprint density at radius 2 is 1.42 bits per heavy atom. The standard InChI is InChI=1S/C9H10O3/c1-3-5-7-11-9(10)12-8-6-4-2/h3-8H,1-2H2/b7-5+,8-6+. The summed E-state index contributed by atoms with van der Waals surface area (Å²) in [6.07, 6.45) is 7.45. The minimum absolute atomic E-state index is 0.800. The summed E-state index contributed by atoms with van der Waals surface area (Å²) >= 11 is 0. The Kier molecular flexibility index (Phi) is 6.26. The van der Waals surface area contributed by atoms with Crippen molar-refractivity contribution < 1.29 is 14.3 Å². The van der Waals surface area contributed by atoms with Crippen LogP contribution in [0.5, 0.6) is 0 Å². The topological polar surface area (TPSA) is 35.5 Å². The predicted molar refractivity (Wildman–Crippen MR) is 46.2 cm³/mol. The SMILES string of the molecule is C=C/C=C/OC(=O)O/C=C/C=C. The van der Waals surface area contributed by atoms with Crippen LogP contribution < -0.4 is 0 Å². The highest BCUT2D eigenvalue weighted by Gasteiger charge is 1.95. The van der Waals surface area contributed by atoms with Crippen LogP contribution in [0.4, 0.5) is 4.79 Å². The third-order valence-electron chi connectivity index (χ3n) is 0.758. The molecule has 0 unspecified atom stereocenters. The van der Waals surface area contributed by atoms with Crippen LogP contribution in [-0.2, 0) is 9.47 Å². The van der Waals surface area contributed by atoms with Gasteiger partial charge in [0.05, 0.1) is 12.5 Å². The van der Waals surface area contributed by atoms with Crippen molar-refractivity contribution in [2.24, 2.45) is 0 Å². The van der Waals surface area contributed by atoms with Crippen molar-refractivity contribution in [1.82, 2.24) is 0 Å². The number of carbonyl (C=O) groups is 1. The van der Waals surface area contributed by atoms with E-state index in [0.717, 1.165) is 0 Å². The molecule has 0 fully saturated rings. The summed E-state index contributed by atoms with van der Waals surface area (Å²) < 4.78 is 8.86. The fraction of sp³-hybridized carbons (Fsp3) is 0. The van der Waals surface area contributed by atoms with Crippen LogP contribution in [0.15, 0.2) is 50.0 Å². The van der Waals surface area contributed by atoms with Crippen molar-refractivity contribution in [3.63, 3.8) is 0 Å². The molecule has 0 bridgehead atoms. The van der Waals surface area contributed by atoms with Crippen LogP contribution in [0, 0.1) is 0 Å². The Bertz CT molecular complexity index is 192. The van der Waals surface area contributed by atoms with E-state index in [2.05, 4.69) is 22.6 Å². The summed E-state index contributed by atoms with van der Waals surface area (Å²) in [5.74, 6) is 0. The van der Waals surface area contributed by atoms with E-state index in [-0.39, 0.29) is 0 Å². The van der Waals surface area contributed by atoms with Gasteiger partial charge < -0.3 is 9.47 Å². The zero-order chi connectivity index (χ0) is 9.23. The first-order valence-corrected chi connectivity index (χ1v) is 3.23. The summed E-state index contributed by atoms with van der Waals surface area (Å²) in [4.78, 5) is 10.6. The molecule has 0 rings (SSSR count). The van der Waals surface area contributed by atoms with Crippen LogP contribution in [0.2, 0.25) is 0 Å². The van der Waals surface area contributed by atoms with Crippen molar-refractivity contribution in [1.29, 1.82) is 0 Å². The van der Waals surface area contributed by atoms with Gasteiger partial charge in [-0.05, 0) is 12.2 Å². The first-order chi connectivity index (χ1) is 5.81. The molecule has 0 N–H and O–H groups in total. The Morgan fingerprint density at radius 3 is 1.75 bits per heavy atom. The van der Waals surface area contributed by atoms with Gasteiger partial charge in [-0.3, -0.25) is 0 Å². The van der Waals surface area contributed by atoms with Gasteiger partial charge in [0.25, 0.3) is 0 Å². The number of carbonyl (C=O) groups excluding carboxylic acids is 1. The molecule has 0 saturated heterocycles. The maximum atomic E-state index is 10.6. The summed E-state index contributed by atoms with van der Waals surface area (Å²) in [5, 5.41) is 0. The quantitative estimate of drug-likeness (QED) is 0.365. The van der Waals surface area contributed by atoms with E-state index in [1.165, 1.54) is 36.8 Å². The summed E-state index contributed by atoms with van der Waals surface area (Å²) in [5.41, 5.74) is 0. The Hall–Kier alpha value is -1.77. The normalized spacial score (nSPS) is 10.0. The molecule has 0 spiro atoms. The third-order valence-corrected chi connectivity index (χ3v) is 0.758. The molecular formula is C9H10O3. The molecule has 0 atom stereocenters. The summed E-state index contributed by atoms with van der Waals surface area (Å²) in [6, 6.07) is 0. The van der Waals surface area contributed by atoms with E-state index < -0.39 is 6.16 Å². The first-order valence-electron chi connectivity index (χ1n) is 3.23. The lowest BCUT2D eigenvalue weighted by molar-refractivity contribution is 0.120. The van der Waals surface area contributed by atoms with Gasteiger partial charge in [-0.1, -0.05) is 25.3 Å². The summed E-state index contributed by atoms with van der Waals surface area (Å²) in [6.45, 7) is 6.77. The number of hydrogen-bond acceptors (Lipinski definition) is 3. The van der Waals surface area contributed by atoms with E-state index in [1.54, 1.807) is 0 Å². The molecule has 0 aromatic rings. The molecule has 0 aromatic carbocycles. The summed E-state index contributed by atoms with van der Waals surface area (Å²) in [7, 11) is 0. The van der Waals surface area contributed by atoms with Crippen LogP contribution in [0.1, 0.15) is 0 Å². The minimum Gasteiger partial charge on any atom is -0.403 e. The van der Waals surface area contributed by atoms with Gasteiger partial charge in [-0.25, -0.2) is 4.79 Å². The highest BCUT2D eigenvalue weighted by molar-refractivity contribution is 5.61. The van der Waals surface area contributed by atoms with Crippen LogP contribution in [0.3, 0.4) is 0 Å². The maximum absolute atomic E-state index is 10.6. The van der Waals surface area contributed by atoms with Crippen molar-refractivity contribution >= 4 is 6.16 Å². The molecule has 3 heteroatoms. The molecule has 0 aliphatic heterocycles. The Labute approximate surface area is 71.3 Å². The van der Waals surface area contributed by atoms with E-state index in [1.807, 2.05) is 0 Å². The zero-order valence-electron chi connectivity index (χ0n) is 6.60. The molecule has 0 heterocycles. The van der Waals surface area contributed by atoms with E-state index in [0.29, 0.717) is 0 Å². The molecule has 0 aliphatic carbocycles. The van der Waals surface area contributed by atoms with Gasteiger partial charge in [-0.2, -0.15) is 0 Å². The first kappa shape index (κ1) is 10.2. The molecule has 12 heavy (non-hydrogen) atoms. The van der Waals surface area contributed by atoms with Crippen LogP contribution in [0.25, 0.3) is 0 Å². The van der Waals surface area contributed by atoms with Crippen molar-refractivity contribution in [3.8, 4) is 0 Å². The van der Waals surface area contributed by atoms with Gasteiger partial charge in [0.15, 0.2) is 0 Å². The lowest BCUT2D eigenvalue weighted by Gasteiger charge is -1.93. The Balaban J connectivity index is 3.59. The molecule has 0 radical (unpaired) electrons. The molecule has 0 aliphatic rings. The van der Waals surface area contributed by atoms with Gasteiger partial charge in [0.2, 0.25) is 0 Å². The number of allylic oxidation sites excluding steroid dienone is 4. The van der Waals surface area contributed by atoms with Gasteiger partial charge >= 0.3 is 6.16 Å². The van der Waals surface area contributed by atoms with Crippen molar-refractivity contribution in [3.05, 3.63) is 50.0 Å². The minimum atomic E-state index is -0.800. The second kappa shape index (κ2) is 7.34. The van der Waals surface area contributed by atoms with Crippen LogP contribution >= 0.6 is 0 Å². The largest absolute Gasteiger partial charge is 0.518 e. The number of hydrogen-bond donors (Lipinski definition) is 0. The fourth-order valence-electron chi connectivity index (χ4n) is 0.329. The van der Waals surface area contributed by atoms with E-state index in [9.17, 15) is 4.79 Å². The monoisotopic (exact) mass is 166 g/mol. The average Bonchev–Trinajstić information content (AvgIpc) is 2.06. The molecule has 0 amide bonds. The smallest absolute Gasteiger partial charge is 0.403 e. The second-order valence-electron chi connectivity index (χ2n) is 1.61. The molecule has 3 nitrogen and oxygen atoms in total. The molecule has 0 aromatic heterocycles. The number of ether oxygens (including phenoxy) is 2. The van der Waals surface area contributed by atoms with Gasteiger partial charge in [0.1, 0.15) is 0 Å². The zero-order valence-corrected chi connectivity index (χ0v) is 6.60. The fourth-order valence-corrected chi connectivity index (χ4v) is 0.329. The van der Waals surface area contributed by atoms with E-state index in [4.69, 9.17) is 0 Å². The van der Waals surface area contributed by atoms with Crippen molar-refractivity contribution in [2.75, 3.05) is 0 Å².